The lowest BCUT2D eigenvalue weighted by molar-refractivity contribution is -0.127. The molecule has 0 radical (unpaired) electrons. The molecule has 2 rings (SSSR count). The summed E-state index contributed by atoms with van der Waals surface area (Å²) in [6.07, 6.45) is 2.97. The maximum absolute atomic E-state index is 12.5. The van der Waals surface area contributed by atoms with Gasteiger partial charge in [-0.05, 0) is 58.6 Å². The summed E-state index contributed by atoms with van der Waals surface area (Å²) in [4.78, 5) is 26.5. The summed E-state index contributed by atoms with van der Waals surface area (Å²) >= 11 is 0. The lowest BCUT2D eigenvalue weighted by atomic mass is 10.0. The summed E-state index contributed by atoms with van der Waals surface area (Å²) in [5.41, 5.74) is 0.515. The molecule has 0 aliphatic carbocycles. The number of benzene rings is 1. The van der Waals surface area contributed by atoms with E-state index in [2.05, 4.69) is 10.6 Å². The fourth-order valence-corrected chi connectivity index (χ4v) is 2.95. The number of hydrogen-bond donors (Lipinski definition) is 2. The monoisotopic (exact) mass is 361 g/mol. The van der Waals surface area contributed by atoms with Crippen molar-refractivity contribution in [2.75, 3.05) is 25.0 Å². The summed E-state index contributed by atoms with van der Waals surface area (Å²) in [5.74, 6) is -0.0877. The number of rotatable bonds is 6. The first-order chi connectivity index (χ1) is 12.4. The zero-order valence-electron chi connectivity index (χ0n) is 16.1. The molecule has 6 nitrogen and oxygen atoms in total. The molecular formula is C20H31N3O3. The molecule has 0 saturated carbocycles. The van der Waals surface area contributed by atoms with Crippen LogP contribution < -0.4 is 10.6 Å². The molecule has 1 aromatic carbocycles. The van der Waals surface area contributed by atoms with Gasteiger partial charge in [0.15, 0.2) is 0 Å². The molecule has 0 aromatic heterocycles. The van der Waals surface area contributed by atoms with Crippen molar-refractivity contribution in [2.45, 2.75) is 58.1 Å². The average molecular weight is 361 g/mol. The summed E-state index contributed by atoms with van der Waals surface area (Å²) in [6.45, 7) is 7.45. The van der Waals surface area contributed by atoms with Gasteiger partial charge < -0.3 is 15.4 Å². The highest BCUT2D eigenvalue weighted by molar-refractivity contribution is 5.85. The molecule has 6 heteroatoms. The number of para-hydroxylation sites is 1. The van der Waals surface area contributed by atoms with Crippen LogP contribution in [0.3, 0.4) is 0 Å². The Hall–Kier alpha value is -2.24. The van der Waals surface area contributed by atoms with Crippen LogP contribution >= 0.6 is 0 Å². The van der Waals surface area contributed by atoms with Crippen LogP contribution in [-0.4, -0.2) is 48.2 Å². The van der Waals surface area contributed by atoms with E-state index in [-0.39, 0.29) is 5.91 Å². The molecule has 2 amide bonds. The Balaban J connectivity index is 1.76. The van der Waals surface area contributed by atoms with Gasteiger partial charge in [-0.2, -0.15) is 0 Å². The molecule has 1 aliphatic rings. The van der Waals surface area contributed by atoms with Gasteiger partial charge in [0.2, 0.25) is 5.91 Å². The van der Waals surface area contributed by atoms with Crippen LogP contribution in [0, 0.1) is 0 Å². The van der Waals surface area contributed by atoms with E-state index < -0.39 is 17.7 Å². The molecule has 1 heterocycles. The Morgan fingerprint density at radius 1 is 1.15 bits per heavy atom. The van der Waals surface area contributed by atoms with Crippen molar-refractivity contribution >= 4 is 17.7 Å². The van der Waals surface area contributed by atoms with E-state index in [4.69, 9.17) is 4.74 Å². The number of nitrogens with one attached hydrogen (secondary N) is 2. The average Bonchev–Trinajstić information content (AvgIpc) is 2.60. The highest BCUT2D eigenvalue weighted by Crippen LogP contribution is 2.20. The number of amides is 2. The number of carbonyl (C=O) groups excluding carboxylic acids is 2. The Morgan fingerprint density at radius 3 is 2.58 bits per heavy atom. The van der Waals surface area contributed by atoms with E-state index in [1.54, 1.807) is 4.90 Å². The third kappa shape index (κ3) is 6.58. The minimum absolute atomic E-state index is 0.0877. The maximum atomic E-state index is 12.5. The van der Waals surface area contributed by atoms with Crippen molar-refractivity contribution in [2.24, 2.45) is 0 Å². The quantitative estimate of drug-likeness (QED) is 0.762. The molecule has 0 bridgehead atoms. The van der Waals surface area contributed by atoms with Gasteiger partial charge in [0, 0.05) is 25.3 Å². The standard InChI is InChI=1S/C20H31N3O3/c1-20(2,3)26-19(25)23-15-8-7-12-17(23)18(24)22-14-9-13-21-16-10-5-4-6-11-16/h4-6,10-11,17,21H,7-9,12-15H2,1-3H3,(H,22,24). The molecular weight excluding hydrogens is 330 g/mol. The van der Waals surface area contributed by atoms with Crippen molar-refractivity contribution in [3.05, 3.63) is 30.3 Å². The van der Waals surface area contributed by atoms with E-state index in [0.717, 1.165) is 31.5 Å². The highest BCUT2D eigenvalue weighted by atomic mass is 16.6. The van der Waals surface area contributed by atoms with Gasteiger partial charge in [0.25, 0.3) is 0 Å². The lowest BCUT2D eigenvalue weighted by Gasteiger charge is -2.35. The van der Waals surface area contributed by atoms with Crippen LogP contribution in [0.4, 0.5) is 10.5 Å². The van der Waals surface area contributed by atoms with Gasteiger partial charge in [-0.1, -0.05) is 18.2 Å². The fourth-order valence-electron chi connectivity index (χ4n) is 2.95. The molecule has 2 N–H and O–H groups in total. The largest absolute Gasteiger partial charge is 0.444 e. The van der Waals surface area contributed by atoms with E-state index in [1.807, 2.05) is 51.1 Å². The first-order valence-electron chi connectivity index (χ1n) is 9.43. The van der Waals surface area contributed by atoms with Crippen molar-refractivity contribution in [1.29, 1.82) is 0 Å². The second-order valence-corrected chi connectivity index (χ2v) is 7.62. The smallest absolute Gasteiger partial charge is 0.410 e. The van der Waals surface area contributed by atoms with Crippen LogP contribution in [0.15, 0.2) is 30.3 Å². The Labute approximate surface area is 156 Å². The molecule has 1 fully saturated rings. The van der Waals surface area contributed by atoms with Crippen LogP contribution in [0.2, 0.25) is 0 Å². The van der Waals surface area contributed by atoms with Gasteiger partial charge in [-0.3, -0.25) is 9.69 Å². The second-order valence-electron chi connectivity index (χ2n) is 7.62. The number of carbonyl (C=O) groups is 2. The molecule has 1 aromatic rings. The van der Waals surface area contributed by atoms with E-state index in [1.165, 1.54) is 0 Å². The number of anilines is 1. The van der Waals surface area contributed by atoms with Gasteiger partial charge >= 0.3 is 6.09 Å². The van der Waals surface area contributed by atoms with Gasteiger partial charge in [-0.15, -0.1) is 0 Å². The second kappa shape index (κ2) is 9.46. The van der Waals surface area contributed by atoms with Gasteiger partial charge in [-0.25, -0.2) is 4.79 Å². The maximum Gasteiger partial charge on any atom is 0.410 e. The number of likely N-dealkylation sites (tertiary alicyclic amines) is 1. The predicted octanol–water partition coefficient (Wildman–Crippen LogP) is 3.39. The van der Waals surface area contributed by atoms with Gasteiger partial charge in [0.1, 0.15) is 11.6 Å². The van der Waals surface area contributed by atoms with E-state index in [0.29, 0.717) is 19.5 Å². The number of ether oxygens (including phenoxy) is 1. The first-order valence-corrected chi connectivity index (χ1v) is 9.43. The fraction of sp³-hybridized carbons (Fsp3) is 0.600. The topological polar surface area (TPSA) is 70.7 Å². The zero-order chi connectivity index (χ0) is 19.0. The van der Waals surface area contributed by atoms with Crippen molar-refractivity contribution in [3.63, 3.8) is 0 Å². The molecule has 0 spiro atoms. The molecule has 1 saturated heterocycles. The SMILES string of the molecule is CC(C)(C)OC(=O)N1CCCCC1C(=O)NCCCNc1ccccc1. The lowest BCUT2D eigenvalue weighted by Crippen LogP contribution is -2.53. The summed E-state index contributed by atoms with van der Waals surface area (Å²) in [7, 11) is 0. The molecule has 1 aliphatic heterocycles. The third-order valence-corrected chi connectivity index (χ3v) is 4.19. The van der Waals surface area contributed by atoms with Crippen LogP contribution in [0.25, 0.3) is 0 Å². The van der Waals surface area contributed by atoms with Crippen molar-refractivity contribution < 1.29 is 14.3 Å². The van der Waals surface area contributed by atoms with E-state index >= 15 is 0 Å². The normalized spacial score (nSPS) is 17.5. The van der Waals surface area contributed by atoms with Crippen LogP contribution in [0.5, 0.6) is 0 Å². The Morgan fingerprint density at radius 2 is 1.88 bits per heavy atom. The Bertz CT molecular complexity index is 584. The summed E-state index contributed by atoms with van der Waals surface area (Å²) < 4.78 is 5.45. The van der Waals surface area contributed by atoms with Crippen LogP contribution in [-0.2, 0) is 9.53 Å². The summed E-state index contributed by atoms with van der Waals surface area (Å²) in [5, 5.41) is 6.27. The summed E-state index contributed by atoms with van der Waals surface area (Å²) in [6, 6.07) is 9.54. The first kappa shape index (κ1) is 20.1. The number of hydrogen-bond acceptors (Lipinski definition) is 4. The van der Waals surface area contributed by atoms with Crippen molar-refractivity contribution in [1.82, 2.24) is 10.2 Å². The van der Waals surface area contributed by atoms with E-state index in [9.17, 15) is 9.59 Å². The van der Waals surface area contributed by atoms with Crippen molar-refractivity contribution in [3.8, 4) is 0 Å². The minimum Gasteiger partial charge on any atom is -0.444 e. The molecule has 1 unspecified atom stereocenters. The van der Waals surface area contributed by atoms with Gasteiger partial charge in [0.05, 0.1) is 0 Å². The van der Waals surface area contributed by atoms with Crippen LogP contribution in [0.1, 0.15) is 46.5 Å². The zero-order valence-corrected chi connectivity index (χ0v) is 16.1. The molecule has 144 valence electrons. The molecule has 26 heavy (non-hydrogen) atoms. The highest BCUT2D eigenvalue weighted by Gasteiger charge is 2.34. The Kier molecular flexibility index (Phi) is 7.30. The minimum atomic E-state index is -0.557. The predicted molar refractivity (Wildman–Crippen MR) is 103 cm³/mol. The third-order valence-electron chi connectivity index (χ3n) is 4.19. The molecule has 1 atom stereocenters. The number of piperidine rings is 1. The number of nitrogens with zero attached hydrogens (tertiary/aromatic N) is 1.